The maximum Gasteiger partial charge on any atom is 0.230 e. The molecule has 1 amide bonds. The molecule has 0 aliphatic carbocycles. The van der Waals surface area contributed by atoms with Crippen molar-refractivity contribution in [3.63, 3.8) is 0 Å². The van der Waals surface area contributed by atoms with Gasteiger partial charge in [0, 0.05) is 44.1 Å². The molecule has 5 nitrogen and oxygen atoms in total. The number of furan rings is 1. The zero-order valence-electron chi connectivity index (χ0n) is 13.1. The first-order valence-corrected chi connectivity index (χ1v) is 8.17. The van der Waals surface area contributed by atoms with Crippen LogP contribution in [0.3, 0.4) is 0 Å². The second kappa shape index (κ2) is 5.81. The van der Waals surface area contributed by atoms with E-state index >= 15 is 0 Å². The van der Waals surface area contributed by atoms with Crippen molar-refractivity contribution < 1.29 is 9.21 Å². The van der Waals surface area contributed by atoms with E-state index in [1.165, 1.54) is 5.56 Å². The van der Waals surface area contributed by atoms with Crippen molar-refractivity contribution in [1.29, 1.82) is 0 Å². The summed E-state index contributed by atoms with van der Waals surface area (Å²) in [6.07, 6.45) is 9.04. The topological polar surface area (TPSA) is 49.6 Å². The van der Waals surface area contributed by atoms with Crippen molar-refractivity contribution in [2.24, 2.45) is 5.41 Å². The Balaban J connectivity index is 1.41. The van der Waals surface area contributed by atoms with Crippen LogP contribution in [0.2, 0.25) is 0 Å². The van der Waals surface area contributed by atoms with E-state index in [4.69, 9.17) is 4.42 Å². The van der Waals surface area contributed by atoms with E-state index in [0.29, 0.717) is 12.5 Å². The van der Waals surface area contributed by atoms with Gasteiger partial charge in [-0.15, -0.1) is 0 Å². The Bertz CT molecular complexity index is 671. The molecule has 1 atom stereocenters. The van der Waals surface area contributed by atoms with Gasteiger partial charge in [0.05, 0.1) is 17.9 Å². The number of hydrogen-bond acceptors (Lipinski definition) is 4. The van der Waals surface area contributed by atoms with Crippen LogP contribution in [0.25, 0.3) is 0 Å². The van der Waals surface area contributed by atoms with Crippen LogP contribution >= 0.6 is 0 Å². The summed E-state index contributed by atoms with van der Waals surface area (Å²) in [6, 6.07) is 5.95. The molecule has 4 rings (SSSR count). The Morgan fingerprint density at radius 1 is 1.17 bits per heavy atom. The summed E-state index contributed by atoms with van der Waals surface area (Å²) in [7, 11) is 0. The molecule has 1 spiro atoms. The zero-order chi connectivity index (χ0) is 15.7. The van der Waals surface area contributed by atoms with E-state index < -0.39 is 0 Å². The number of aromatic nitrogens is 1. The Morgan fingerprint density at radius 3 is 2.87 bits per heavy atom. The van der Waals surface area contributed by atoms with Gasteiger partial charge in [-0.2, -0.15) is 0 Å². The van der Waals surface area contributed by atoms with Gasteiger partial charge in [-0.1, -0.05) is 6.07 Å². The van der Waals surface area contributed by atoms with Crippen molar-refractivity contribution >= 4 is 5.91 Å². The van der Waals surface area contributed by atoms with Crippen molar-refractivity contribution in [2.45, 2.75) is 25.9 Å². The van der Waals surface area contributed by atoms with Gasteiger partial charge in [0.2, 0.25) is 5.91 Å². The minimum Gasteiger partial charge on any atom is -0.472 e. The molecule has 23 heavy (non-hydrogen) atoms. The van der Waals surface area contributed by atoms with Crippen LogP contribution in [0, 0.1) is 5.41 Å². The summed E-state index contributed by atoms with van der Waals surface area (Å²) in [5, 5.41) is 0. The lowest BCUT2D eigenvalue weighted by atomic mass is 9.85. The molecular weight excluding hydrogens is 290 g/mol. The van der Waals surface area contributed by atoms with E-state index in [1.54, 1.807) is 18.7 Å². The number of amides is 1. The van der Waals surface area contributed by atoms with Gasteiger partial charge in [-0.3, -0.25) is 14.7 Å². The second-order valence-electron chi connectivity index (χ2n) is 6.71. The van der Waals surface area contributed by atoms with E-state index in [2.05, 4.69) is 9.88 Å². The highest BCUT2D eigenvalue weighted by atomic mass is 16.3. The van der Waals surface area contributed by atoms with Gasteiger partial charge in [-0.05, 0) is 37.1 Å². The monoisotopic (exact) mass is 311 g/mol. The summed E-state index contributed by atoms with van der Waals surface area (Å²) in [5.41, 5.74) is 2.11. The first kappa shape index (κ1) is 14.5. The molecule has 2 aromatic heterocycles. The van der Waals surface area contributed by atoms with Crippen LogP contribution < -0.4 is 0 Å². The first-order chi connectivity index (χ1) is 11.3. The molecule has 1 unspecified atom stereocenters. The van der Waals surface area contributed by atoms with Crippen molar-refractivity contribution in [3.05, 3.63) is 54.2 Å². The van der Waals surface area contributed by atoms with Gasteiger partial charge >= 0.3 is 0 Å². The fourth-order valence-electron chi connectivity index (χ4n) is 3.87. The maximum absolute atomic E-state index is 12.9. The van der Waals surface area contributed by atoms with Crippen molar-refractivity contribution in [3.8, 4) is 0 Å². The lowest BCUT2D eigenvalue weighted by Gasteiger charge is -2.23. The Kier molecular flexibility index (Phi) is 3.65. The van der Waals surface area contributed by atoms with Crippen LogP contribution in [0.1, 0.15) is 24.0 Å². The lowest BCUT2D eigenvalue weighted by Crippen LogP contribution is -2.36. The van der Waals surface area contributed by atoms with E-state index in [9.17, 15) is 4.79 Å². The number of nitrogens with zero attached hydrogens (tertiary/aromatic N) is 3. The van der Waals surface area contributed by atoms with Crippen LogP contribution in [0.15, 0.2) is 47.5 Å². The normalized spacial score (nSPS) is 24.9. The summed E-state index contributed by atoms with van der Waals surface area (Å²) in [4.78, 5) is 21.5. The number of hydrogen-bond donors (Lipinski definition) is 0. The molecule has 2 aliphatic rings. The van der Waals surface area contributed by atoms with Crippen LogP contribution in [-0.2, 0) is 17.9 Å². The molecule has 2 saturated heterocycles. The minimum absolute atomic E-state index is 0.175. The molecule has 0 bridgehead atoms. The molecule has 0 radical (unpaired) electrons. The number of carbonyl (C=O) groups excluding carboxylic acids is 1. The van der Waals surface area contributed by atoms with Gasteiger partial charge in [0.1, 0.15) is 0 Å². The average Bonchev–Trinajstić information content (AvgIpc) is 3.28. The standard InChI is InChI=1S/C18H21N3O2/c22-17-18(4-7-20(14-18)11-16-3-9-23-13-16)5-8-21(17)12-15-2-1-6-19-10-15/h1-3,6,9-10,13H,4-5,7-8,11-12,14H2. The fourth-order valence-corrected chi connectivity index (χ4v) is 3.87. The number of rotatable bonds is 4. The molecule has 2 fully saturated rings. The molecule has 0 saturated carbocycles. The number of likely N-dealkylation sites (tertiary alicyclic amines) is 2. The SMILES string of the molecule is O=C1N(Cc2cccnc2)CCC12CCN(Cc1ccoc1)C2. The van der Waals surface area contributed by atoms with Crippen molar-refractivity contribution in [1.82, 2.24) is 14.8 Å². The zero-order valence-corrected chi connectivity index (χ0v) is 13.1. The highest BCUT2D eigenvalue weighted by Gasteiger charge is 2.50. The summed E-state index contributed by atoms with van der Waals surface area (Å²) in [6.45, 7) is 4.25. The Hall–Kier alpha value is -2.14. The predicted molar refractivity (Wildman–Crippen MR) is 85.3 cm³/mol. The predicted octanol–water partition coefficient (Wildman–Crippen LogP) is 2.30. The third-order valence-electron chi connectivity index (χ3n) is 5.12. The highest BCUT2D eigenvalue weighted by molar-refractivity contribution is 5.85. The molecule has 120 valence electrons. The fraction of sp³-hybridized carbons (Fsp3) is 0.444. The third kappa shape index (κ3) is 2.77. The Morgan fingerprint density at radius 2 is 2.09 bits per heavy atom. The molecule has 2 aromatic rings. The van der Waals surface area contributed by atoms with Crippen molar-refractivity contribution in [2.75, 3.05) is 19.6 Å². The largest absolute Gasteiger partial charge is 0.472 e. The molecule has 0 N–H and O–H groups in total. The summed E-state index contributed by atoms with van der Waals surface area (Å²) < 4.78 is 5.14. The first-order valence-electron chi connectivity index (χ1n) is 8.17. The van der Waals surface area contributed by atoms with Gasteiger partial charge < -0.3 is 9.32 Å². The molecule has 5 heteroatoms. The summed E-state index contributed by atoms with van der Waals surface area (Å²) >= 11 is 0. The van der Waals surface area contributed by atoms with Gasteiger partial charge in [0.15, 0.2) is 0 Å². The van der Waals surface area contributed by atoms with E-state index in [0.717, 1.165) is 44.6 Å². The molecule has 4 heterocycles. The quantitative estimate of drug-likeness (QED) is 0.869. The average molecular weight is 311 g/mol. The van der Waals surface area contributed by atoms with Gasteiger partial charge in [0.25, 0.3) is 0 Å². The third-order valence-corrected chi connectivity index (χ3v) is 5.12. The second-order valence-corrected chi connectivity index (χ2v) is 6.71. The Labute approximate surface area is 135 Å². The molecular formula is C18H21N3O2. The molecule has 2 aliphatic heterocycles. The highest BCUT2D eigenvalue weighted by Crippen LogP contribution is 2.41. The van der Waals surface area contributed by atoms with E-state index in [-0.39, 0.29) is 5.41 Å². The number of carbonyl (C=O) groups is 1. The maximum atomic E-state index is 12.9. The molecule has 0 aromatic carbocycles. The summed E-state index contributed by atoms with van der Waals surface area (Å²) in [5.74, 6) is 0.316. The smallest absolute Gasteiger partial charge is 0.230 e. The van der Waals surface area contributed by atoms with Crippen LogP contribution in [0.5, 0.6) is 0 Å². The van der Waals surface area contributed by atoms with E-state index in [1.807, 2.05) is 29.3 Å². The van der Waals surface area contributed by atoms with Gasteiger partial charge in [-0.25, -0.2) is 0 Å². The van der Waals surface area contributed by atoms with Crippen LogP contribution in [-0.4, -0.2) is 40.3 Å². The number of pyridine rings is 1. The minimum atomic E-state index is -0.175. The lowest BCUT2D eigenvalue weighted by molar-refractivity contribution is -0.136. The van der Waals surface area contributed by atoms with Crippen LogP contribution in [0.4, 0.5) is 0 Å².